The van der Waals surface area contributed by atoms with Crippen LogP contribution in [0.1, 0.15) is 39.5 Å². The third kappa shape index (κ3) is 11.2. The normalized spacial score (nSPS) is 10.0. The van der Waals surface area contributed by atoms with Crippen LogP contribution in [-0.4, -0.2) is 38.4 Å². The molecule has 5 heteroatoms. The van der Waals surface area contributed by atoms with E-state index in [9.17, 15) is 9.59 Å². The third-order valence-electron chi connectivity index (χ3n) is 1.97. The summed E-state index contributed by atoms with van der Waals surface area (Å²) in [5.74, 6) is -0.368. The topological polar surface area (TPSA) is 61.8 Å². The van der Waals surface area contributed by atoms with Gasteiger partial charge in [-0.25, -0.2) is 0 Å². The second-order valence-corrected chi connectivity index (χ2v) is 3.47. The van der Waals surface area contributed by atoms with Crippen molar-refractivity contribution in [1.29, 1.82) is 0 Å². The van der Waals surface area contributed by atoms with Gasteiger partial charge in [0.1, 0.15) is 0 Å². The van der Waals surface area contributed by atoms with E-state index in [1.807, 2.05) is 0 Å². The molecule has 0 unspecified atom stereocenters. The summed E-state index contributed by atoms with van der Waals surface area (Å²) < 4.78 is 15.0. The average molecular weight is 246 g/mol. The summed E-state index contributed by atoms with van der Waals surface area (Å²) in [6, 6.07) is 0. The highest BCUT2D eigenvalue weighted by Gasteiger charge is 1.98. The molecule has 0 saturated carbocycles. The van der Waals surface area contributed by atoms with Gasteiger partial charge in [-0.15, -0.1) is 0 Å². The van der Waals surface area contributed by atoms with E-state index in [1.165, 1.54) is 0 Å². The SMILES string of the molecule is CCC(=O)OCCCOCCCOC(=O)CC. The van der Waals surface area contributed by atoms with E-state index in [0.29, 0.717) is 52.1 Å². The van der Waals surface area contributed by atoms with Gasteiger partial charge in [0.05, 0.1) is 13.2 Å². The van der Waals surface area contributed by atoms with E-state index in [4.69, 9.17) is 14.2 Å². The van der Waals surface area contributed by atoms with Crippen LogP contribution < -0.4 is 0 Å². The Morgan fingerprint density at radius 2 is 1.18 bits per heavy atom. The first-order valence-corrected chi connectivity index (χ1v) is 6.09. The molecule has 0 atom stereocenters. The molecule has 0 N–H and O–H groups in total. The number of carbonyl (C=O) groups excluding carboxylic acids is 2. The lowest BCUT2D eigenvalue weighted by Gasteiger charge is -2.05. The highest BCUT2D eigenvalue weighted by molar-refractivity contribution is 5.69. The number of hydrogen-bond acceptors (Lipinski definition) is 5. The van der Waals surface area contributed by atoms with Gasteiger partial charge in [0.2, 0.25) is 0 Å². The molecule has 100 valence electrons. The van der Waals surface area contributed by atoms with Crippen molar-refractivity contribution < 1.29 is 23.8 Å². The van der Waals surface area contributed by atoms with Crippen LogP contribution in [0, 0.1) is 0 Å². The summed E-state index contributed by atoms with van der Waals surface area (Å²) in [7, 11) is 0. The fourth-order valence-corrected chi connectivity index (χ4v) is 1.00. The van der Waals surface area contributed by atoms with Gasteiger partial charge in [-0.05, 0) is 0 Å². The predicted molar refractivity (Wildman–Crippen MR) is 62.6 cm³/mol. The lowest BCUT2D eigenvalue weighted by atomic mass is 10.4. The molecule has 0 aromatic rings. The molecule has 0 aromatic heterocycles. The Balaban J connectivity index is 3.08. The molecule has 0 rings (SSSR count). The number of carbonyl (C=O) groups is 2. The first-order valence-electron chi connectivity index (χ1n) is 6.09. The molecule has 17 heavy (non-hydrogen) atoms. The van der Waals surface area contributed by atoms with Gasteiger partial charge in [-0.1, -0.05) is 13.8 Å². The second-order valence-electron chi connectivity index (χ2n) is 3.47. The van der Waals surface area contributed by atoms with Crippen molar-refractivity contribution >= 4 is 11.9 Å². The number of rotatable bonds is 10. The molecule has 0 fully saturated rings. The summed E-state index contributed by atoms with van der Waals surface area (Å²) in [5, 5.41) is 0. The molecular weight excluding hydrogens is 224 g/mol. The molecule has 0 aromatic carbocycles. The largest absolute Gasteiger partial charge is 0.466 e. The van der Waals surface area contributed by atoms with Crippen LogP contribution in [-0.2, 0) is 23.8 Å². The van der Waals surface area contributed by atoms with Crippen molar-refractivity contribution in [3.8, 4) is 0 Å². The fourth-order valence-electron chi connectivity index (χ4n) is 1.00. The van der Waals surface area contributed by atoms with Crippen molar-refractivity contribution in [1.82, 2.24) is 0 Å². The first kappa shape index (κ1) is 15.9. The van der Waals surface area contributed by atoms with Gasteiger partial charge in [-0.2, -0.15) is 0 Å². The van der Waals surface area contributed by atoms with E-state index in [0.717, 1.165) is 0 Å². The van der Waals surface area contributed by atoms with E-state index in [2.05, 4.69) is 0 Å². The maximum Gasteiger partial charge on any atom is 0.305 e. The molecule has 0 saturated heterocycles. The van der Waals surface area contributed by atoms with Crippen LogP contribution in [0.25, 0.3) is 0 Å². The monoisotopic (exact) mass is 246 g/mol. The van der Waals surface area contributed by atoms with Crippen molar-refractivity contribution in [3.05, 3.63) is 0 Å². The van der Waals surface area contributed by atoms with Gasteiger partial charge in [0.25, 0.3) is 0 Å². The van der Waals surface area contributed by atoms with Gasteiger partial charge in [-0.3, -0.25) is 9.59 Å². The molecule has 0 heterocycles. The minimum atomic E-state index is -0.184. The highest BCUT2D eigenvalue weighted by atomic mass is 16.5. The molecule has 0 radical (unpaired) electrons. The summed E-state index contributed by atoms with van der Waals surface area (Å²) >= 11 is 0. The van der Waals surface area contributed by atoms with Gasteiger partial charge >= 0.3 is 11.9 Å². The third-order valence-corrected chi connectivity index (χ3v) is 1.97. The Labute approximate surface area is 102 Å². The lowest BCUT2D eigenvalue weighted by Crippen LogP contribution is -2.09. The lowest BCUT2D eigenvalue weighted by molar-refractivity contribution is -0.144. The van der Waals surface area contributed by atoms with E-state index in [-0.39, 0.29) is 11.9 Å². The van der Waals surface area contributed by atoms with Crippen molar-refractivity contribution in [2.45, 2.75) is 39.5 Å². The maximum atomic E-state index is 10.8. The van der Waals surface area contributed by atoms with Crippen LogP contribution in [0.4, 0.5) is 0 Å². The zero-order chi connectivity index (χ0) is 12.9. The van der Waals surface area contributed by atoms with Crippen molar-refractivity contribution in [2.24, 2.45) is 0 Å². The summed E-state index contributed by atoms with van der Waals surface area (Å²) in [4.78, 5) is 21.5. The molecule has 0 amide bonds. The van der Waals surface area contributed by atoms with Gasteiger partial charge < -0.3 is 14.2 Å². The average Bonchev–Trinajstić information content (AvgIpc) is 2.35. The summed E-state index contributed by atoms with van der Waals surface area (Å²) in [6.07, 6.45) is 2.20. The Bertz CT molecular complexity index is 193. The zero-order valence-corrected chi connectivity index (χ0v) is 10.7. The number of ether oxygens (including phenoxy) is 3. The Morgan fingerprint density at radius 1 is 0.765 bits per heavy atom. The van der Waals surface area contributed by atoms with E-state index < -0.39 is 0 Å². The van der Waals surface area contributed by atoms with E-state index in [1.54, 1.807) is 13.8 Å². The van der Waals surface area contributed by atoms with Gasteiger partial charge in [0.15, 0.2) is 0 Å². The number of hydrogen-bond donors (Lipinski definition) is 0. The Hall–Kier alpha value is -1.10. The molecule has 0 aliphatic carbocycles. The Morgan fingerprint density at radius 3 is 1.53 bits per heavy atom. The Kier molecular flexibility index (Phi) is 10.7. The van der Waals surface area contributed by atoms with Gasteiger partial charge in [0, 0.05) is 38.9 Å². The van der Waals surface area contributed by atoms with Crippen LogP contribution in [0.5, 0.6) is 0 Å². The zero-order valence-electron chi connectivity index (χ0n) is 10.7. The van der Waals surface area contributed by atoms with Crippen LogP contribution in [0.2, 0.25) is 0 Å². The van der Waals surface area contributed by atoms with Crippen molar-refractivity contribution in [3.63, 3.8) is 0 Å². The predicted octanol–water partition coefficient (Wildman–Crippen LogP) is 1.69. The first-order chi connectivity index (χ1) is 8.20. The number of esters is 2. The summed E-state index contributed by atoms with van der Waals surface area (Å²) in [6.45, 7) is 5.43. The van der Waals surface area contributed by atoms with E-state index >= 15 is 0 Å². The molecular formula is C12H22O5. The van der Waals surface area contributed by atoms with Crippen LogP contribution in [0.3, 0.4) is 0 Å². The molecule has 0 bridgehead atoms. The van der Waals surface area contributed by atoms with Crippen LogP contribution in [0.15, 0.2) is 0 Å². The minimum absolute atomic E-state index is 0.184. The molecule has 0 spiro atoms. The fraction of sp³-hybridized carbons (Fsp3) is 0.833. The molecule has 5 nitrogen and oxygen atoms in total. The highest BCUT2D eigenvalue weighted by Crippen LogP contribution is 1.92. The maximum absolute atomic E-state index is 10.8. The quantitative estimate of drug-likeness (QED) is 0.433. The molecule has 0 aliphatic heterocycles. The summed E-state index contributed by atoms with van der Waals surface area (Å²) in [5.41, 5.74) is 0. The standard InChI is InChI=1S/C12H22O5/c1-3-11(13)16-9-5-7-15-8-6-10-17-12(14)4-2/h3-10H2,1-2H3. The van der Waals surface area contributed by atoms with Crippen molar-refractivity contribution in [2.75, 3.05) is 26.4 Å². The van der Waals surface area contributed by atoms with Crippen LogP contribution >= 0.6 is 0 Å². The molecule has 0 aliphatic rings. The second kappa shape index (κ2) is 11.4. The minimum Gasteiger partial charge on any atom is -0.466 e. The smallest absolute Gasteiger partial charge is 0.305 e.